The summed E-state index contributed by atoms with van der Waals surface area (Å²) in [5.74, 6) is 2.97. The zero-order valence-electron chi connectivity index (χ0n) is 16.1. The first-order valence-corrected chi connectivity index (χ1v) is 10.3. The Morgan fingerprint density at radius 2 is 1.48 bits per heavy atom. The molecular weight excluding hydrogens is 284 g/mol. The van der Waals surface area contributed by atoms with Gasteiger partial charge in [-0.25, -0.2) is 0 Å². The van der Waals surface area contributed by atoms with Crippen LogP contribution in [0.2, 0.25) is 0 Å². The van der Waals surface area contributed by atoms with E-state index in [1.807, 2.05) is 6.92 Å². The minimum atomic E-state index is -0.0851. The Morgan fingerprint density at radius 1 is 0.870 bits per heavy atom. The first kappa shape index (κ1) is 21.0. The maximum atomic E-state index is 9.49. The molecule has 0 heterocycles. The summed E-state index contributed by atoms with van der Waals surface area (Å²) in [6, 6.07) is 0. The summed E-state index contributed by atoms with van der Waals surface area (Å²) in [5.41, 5.74) is 0. The van der Waals surface area contributed by atoms with Gasteiger partial charge in [-0.3, -0.25) is 0 Å². The lowest BCUT2D eigenvalue weighted by Gasteiger charge is -2.32. The molecule has 0 aliphatic heterocycles. The molecule has 0 radical (unpaired) electrons. The van der Waals surface area contributed by atoms with E-state index >= 15 is 0 Å². The molecule has 2 heteroatoms. The van der Waals surface area contributed by atoms with Crippen LogP contribution in [0, 0.1) is 23.7 Å². The van der Waals surface area contributed by atoms with Crippen molar-refractivity contribution in [2.75, 3.05) is 0 Å². The van der Waals surface area contributed by atoms with Gasteiger partial charge in [-0.2, -0.15) is 0 Å². The van der Waals surface area contributed by atoms with Crippen molar-refractivity contribution in [3.63, 3.8) is 0 Å². The van der Waals surface area contributed by atoms with E-state index in [0.717, 1.165) is 18.3 Å². The predicted octanol–water partition coefficient (Wildman–Crippen LogP) is 5.56. The van der Waals surface area contributed by atoms with Crippen molar-refractivity contribution in [3.05, 3.63) is 0 Å². The van der Waals surface area contributed by atoms with E-state index in [1.165, 1.54) is 64.2 Å². The third-order valence-electron chi connectivity index (χ3n) is 6.24. The molecule has 2 N–H and O–H groups in total. The van der Waals surface area contributed by atoms with Crippen molar-refractivity contribution in [1.82, 2.24) is 0 Å². The van der Waals surface area contributed by atoms with Gasteiger partial charge < -0.3 is 10.2 Å². The van der Waals surface area contributed by atoms with Crippen LogP contribution < -0.4 is 0 Å². The Balaban J connectivity index is 0.000000231. The summed E-state index contributed by atoms with van der Waals surface area (Å²) >= 11 is 0. The molecule has 138 valence electrons. The van der Waals surface area contributed by atoms with E-state index in [1.54, 1.807) is 0 Å². The van der Waals surface area contributed by atoms with Crippen molar-refractivity contribution in [2.45, 2.75) is 111 Å². The molecule has 0 amide bonds. The van der Waals surface area contributed by atoms with Gasteiger partial charge in [-0.15, -0.1) is 0 Å². The van der Waals surface area contributed by atoms with Gasteiger partial charge in [0.25, 0.3) is 0 Å². The monoisotopic (exact) mass is 326 g/mol. The maximum Gasteiger partial charge on any atom is 0.0568 e. The summed E-state index contributed by atoms with van der Waals surface area (Å²) in [6.07, 6.45) is 13.9. The molecule has 2 aliphatic carbocycles. The van der Waals surface area contributed by atoms with E-state index in [4.69, 9.17) is 0 Å². The number of aliphatic hydroxyl groups excluding tert-OH is 2. The zero-order valence-corrected chi connectivity index (χ0v) is 16.1. The number of unbranched alkanes of at least 4 members (excludes halogenated alkanes) is 2. The Kier molecular flexibility index (Phi) is 10.5. The van der Waals surface area contributed by atoms with Crippen LogP contribution in [0.5, 0.6) is 0 Å². The molecule has 0 aromatic carbocycles. The number of hydrogen-bond donors (Lipinski definition) is 2. The second kappa shape index (κ2) is 11.5. The lowest BCUT2D eigenvalue weighted by atomic mass is 9.75. The van der Waals surface area contributed by atoms with E-state index < -0.39 is 0 Å². The summed E-state index contributed by atoms with van der Waals surface area (Å²) in [4.78, 5) is 0. The lowest BCUT2D eigenvalue weighted by Crippen LogP contribution is -2.25. The van der Waals surface area contributed by atoms with E-state index in [2.05, 4.69) is 20.8 Å². The molecule has 0 spiro atoms. The van der Waals surface area contributed by atoms with Gasteiger partial charge in [0.05, 0.1) is 12.2 Å². The zero-order chi connectivity index (χ0) is 17.2. The molecule has 3 unspecified atom stereocenters. The van der Waals surface area contributed by atoms with Gasteiger partial charge in [0.1, 0.15) is 0 Å². The molecule has 2 saturated carbocycles. The maximum absolute atomic E-state index is 9.49. The third-order valence-corrected chi connectivity index (χ3v) is 6.24. The normalized spacial score (nSPS) is 32.5. The van der Waals surface area contributed by atoms with Gasteiger partial charge in [0.2, 0.25) is 0 Å². The fraction of sp³-hybridized carbons (Fsp3) is 1.00. The third kappa shape index (κ3) is 8.03. The van der Waals surface area contributed by atoms with Crippen LogP contribution in [-0.4, -0.2) is 22.4 Å². The van der Waals surface area contributed by atoms with Crippen LogP contribution in [0.4, 0.5) is 0 Å². The Bertz CT molecular complexity index is 264. The lowest BCUT2D eigenvalue weighted by molar-refractivity contribution is 0.0810. The highest BCUT2D eigenvalue weighted by atomic mass is 16.3. The van der Waals surface area contributed by atoms with Crippen LogP contribution in [-0.2, 0) is 0 Å². The number of rotatable bonds is 6. The first-order valence-electron chi connectivity index (χ1n) is 10.3. The summed E-state index contributed by atoms with van der Waals surface area (Å²) in [6.45, 7) is 8.78. The topological polar surface area (TPSA) is 40.5 Å². The molecular formula is C21H42O2. The van der Waals surface area contributed by atoms with Gasteiger partial charge in [0.15, 0.2) is 0 Å². The molecule has 0 bridgehead atoms. The highest BCUT2D eigenvalue weighted by molar-refractivity contribution is 4.77. The average Bonchev–Trinajstić information content (AvgIpc) is 2.93. The number of hydrogen-bond acceptors (Lipinski definition) is 2. The minimum absolute atomic E-state index is 0.0341. The molecule has 0 saturated heterocycles. The summed E-state index contributed by atoms with van der Waals surface area (Å²) in [5, 5.41) is 18.9. The summed E-state index contributed by atoms with van der Waals surface area (Å²) in [7, 11) is 0. The van der Waals surface area contributed by atoms with Crippen molar-refractivity contribution in [3.8, 4) is 0 Å². The van der Waals surface area contributed by atoms with E-state index in [0.29, 0.717) is 11.8 Å². The Labute approximate surface area is 145 Å². The predicted molar refractivity (Wildman–Crippen MR) is 99.5 cm³/mol. The molecule has 23 heavy (non-hydrogen) atoms. The molecule has 2 rings (SSSR count). The smallest absolute Gasteiger partial charge is 0.0568 e. The summed E-state index contributed by atoms with van der Waals surface area (Å²) < 4.78 is 0. The molecule has 3 atom stereocenters. The Morgan fingerprint density at radius 3 is 1.91 bits per heavy atom. The van der Waals surface area contributed by atoms with Crippen molar-refractivity contribution >= 4 is 0 Å². The Hall–Kier alpha value is -0.0800. The van der Waals surface area contributed by atoms with Crippen LogP contribution in [0.1, 0.15) is 98.3 Å². The van der Waals surface area contributed by atoms with Crippen molar-refractivity contribution in [1.29, 1.82) is 0 Å². The van der Waals surface area contributed by atoms with Crippen LogP contribution in [0.15, 0.2) is 0 Å². The van der Waals surface area contributed by atoms with Gasteiger partial charge in [-0.1, -0.05) is 46.5 Å². The highest BCUT2D eigenvalue weighted by Crippen LogP contribution is 2.34. The quantitative estimate of drug-likeness (QED) is 0.628. The molecule has 2 nitrogen and oxygen atoms in total. The van der Waals surface area contributed by atoms with Gasteiger partial charge >= 0.3 is 0 Å². The number of aliphatic hydroxyl groups is 2. The van der Waals surface area contributed by atoms with Crippen molar-refractivity contribution in [2.24, 2.45) is 23.7 Å². The van der Waals surface area contributed by atoms with Gasteiger partial charge in [-0.05, 0) is 75.5 Å². The fourth-order valence-electron chi connectivity index (χ4n) is 4.30. The van der Waals surface area contributed by atoms with E-state index in [-0.39, 0.29) is 12.2 Å². The largest absolute Gasteiger partial charge is 0.393 e. The van der Waals surface area contributed by atoms with Crippen LogP contribution in [0.3, 0.4) is 0 Å². The van der Waals surface area contributed by atoms with E-state index in [9.17, 15) is 10.2 Å². The molecule has 2 fully saturated rings. The van der Waals surface area contributed by atoms with Crippen LogP contribution in [0.25, 0.3) is 0 Å². The highest BCUT2D eigenvalue weighted by Gasteiger charge is 2.25. The van der Waals surface area contributed by atoms with Gasteiger partial charge in [0, 0.05) is 0 Å². The molecule has 0 aromatic heterocycles. The second-order valence-electron chi connectivity index (χ2n) is 8.41. The fourth-order valence-corrected chi connectivity index (χ4v) is 4.30. The molecule has 0 aromatic rings. The minimum Gasteiger partial charge on any atom is -0.393 e. The van der Waals surface area contributed by atoms with Crippen LogP contribution >= 0.6 is 0 Å². The standard InChI is InChI=1S/C11H22O.C10H20O/c1-8(2)10-4-6-11(7-5-10)9(3)12;1-2-3-4-6-9-7-5-8-10(9)11/h8-12H,4-7H2,1-3H3;9-11H,2-8H2,1H3. The average molecular weight is 327 g/mol. The van der Waals surface area contributed by atoms with Crippen molar-refractivity contribution < 1.29 is 10.2 Å². The second-order valence-corrected chi connectivity index (χ2v) is 8.41. The first-order chi connectivity index (χ1) is 11.0. The molecule has 2 aliphatic rings. The SMILES string of the molecule is CC(C)C1CCC(C(C)O)CC1.CCCCCC1CCCC1O.